The van der Waals surface area contributed by atoms with E-state index in [-0.39, 0.29) is 11.7 Å². The van der Waals surface area contributed by atoms with Crippen molar-refractivity contribution in [1.29, 1.82) is 0 Å². The Labute approximate surface area is 136 Å². The summed E-state index contributed by atoms with van der Waals surface area (Å²) in [5.74, 6) is 0.852. The summed E-state index contributed by atoms with van der Waals surface area (Å²) in [4.78, 5) is 26.4. The Morgan fingerprint density at radius 3 is 3.13 bits per heavy atom. The predicted molar refractivity (Wildman–Crippen MR) is 86.8 cm³/mol. The molecule has 118 valence electrons. The minimum atomic E-state index is -0.353. The number of anilines is 1. The van der Waals surface area contributed by atoms with Gasteiger partial charge < -0.3 is 0 Å². The topological polar surface area (TPSA) is 85.1 Å². The molecule has 3 aromatic rings. The maximum absolute atomic E-state index is 12.4. The SMILES string of the molecule is Cc1ccnc2nc(C(=O)Nc3nc4c(s3)CC(C)CC4)nn12. The van der Waals surface area contributed by atoms with Crippen LogP contribution in [0.25, 0.3) is 5.78 Å². The molecule has 7 nitrogen and oxygen atoms in total. The van der Waals surface area contributed by atoms with E-state index in [1.807, 2.05) is 13.0 Å². The van der Waals surface area contributed by atoms with Gasteiger partial charge in [-0.3, -0.25) is 10.1 Å². The van der Waals surface area contributed by atoms with E-state index in [4.69, 9.17) is 0 Å². The summed E-state index contributed by atoms with van der Waals surface area (Å²) in [5.41, 5.74) is 1.99. The number of aryl methyl sites for hydroxylation is 2. The number of carbonyl (C=O) groups is 1. The zero-order valence-corrected chi connectivity index (χ0v) is 13.7. The van der Waals surface area contributed by atoms with Crippen molar-refractivity contribution in [1.82, 2.24) is 24.6 Å². The van der Waals surface area contributed by atoms with Crippen LogP contribution < -0.4 is 5.32 Å². The van der Waals surface area contributed by atoms with Crippen molar-refractivity contribution in [2.45, 2.75) is 33.1 Å². The molecule has 1 aliphatic carbocycles. The summed E-state index contributed by atoms with van der Waals surface area (Å²) in [5, 5.41) is 7.65. The highest BCUT2D eigenvalue weighted by atomic mass is 32.1. The first-order valence-corrected chi connectivity index (χ1v) is 8.40. The molecule has 0 saturated carbocycles. The van der Waals surface area contributed by atoms with Crippen LogP contribution in [-0.4, -0.2) is 30.5 Å². The normalized spacial score (nSPS) is 17.2. The average Bonchev–Trinajstić information content (AvgIpc) is 3.11. The van der Waals surface area contributed by atoms with Gasteiger partial charge in [0.2, 0.25) is 5.82 Å². The monoisotopic (exact) mass is 328 g/mol. The lowest BCUT2D eigenvalue weighted by atomic mass is 9.93. The van der Waals surface area contributed by atoms with Gasteiger partial charge in [0.1, 0.15) is 0 Å². The quantitative estimate of drug-likeness (QED) is 0.780. The first kappa shape index (κ1) is 14.3. The fourth-order valence-corrected chi connectivity index (χ4v) is 3.92. The van der Waals surface area contributed by atoms with E-state index in [0.29, 0.717) is 16.8 Å². The standard InChI is InChI=1S/C15H16N6OS/c1-8-3-4-10-11(7-8)23-15(17-10)19-13(22)12-18-14-16-6-5-9(2)21(14)20-12/h5-6,8H,3-4,7H2,1-2H3,(H,17,19,22). The first-order chi connectivity index (χ1) is 11.1. The number of rotatable bonds is 2. The van der Waals surface area contributed by atoms with Crippen molar-refractivity contribution in [2.24, 2.45) is 5.92 Å². The van der Waals surface area contributed by atoms with E-state index in [2.05, 4.69) is 32.3 Å². The molecular weight excluding hydrogens is 312 g/mol. The van der Waals surface area contributed by atoms with Gasteiger partial charge in [0.05, 0.1) is 5.69 Å². The average molecular weight is 328 g/mol. The Morgan fingerprint density at radius 2 is 2.30 bits per heavy atom. The second-order valence-electron chi connectivity index (χ2n) is 5.92. The zero-order valence-electron chi connectivity index (χ0n) is 12.9. The van der Waals surface area contributed by atoms with E-state index in [1.54, 1.807) is 22.0 Å². The molecule has 4 rings (SSSR count). The van der Waals surface area contributed by atoms with Crippen molar-refractivity contribution in [3.63, 3.8) is 0 Å². The van der Waals surface area contributed by atoms with E-state index in [1.165, 1.54) is 4.88 Å². The van der Waals surface area contributed by atoms with Gasteiger partial charge in [-0.1, -0.05) is 6.92 Å². The third kappa shape index (κ3) is 2.59. The zero-order chi connectivity index (χ0) is 16.0. The van der Waals surface area contributed by atoms with Gasteiger partial charge >= 0.3 is 0 Å². The molecule has 0 spiro atoms. The van der Waals surface area contributed by atoms with Crippen LogP contribution in [0.15, 0.2) is 12.3 Å². The van der Waals surface area contributed by atoms with Crippen LogP contribution in [0.4, 0.5) is 5.13 Å². The predicted octanol–water partition coefficient (Wildman–Crippen LogP) is 2.27. The van der Waals surface area contributed by atoms with Gasteiger partial charge in [0, 0.05) is 16.8 Å². The Morgan fingerprint density at radius 1 is 1.43 bits per heavy atom. The number of hydrogen-bond donors (Lipinski definition) is 1. The highest BCUT2D eigenvalue weighted by molar-refractivity contribution is 7.15. The molecule has 0 fully saturated rings. The Bertz CT molecular complexity index is 899. The van der Waals surface area contributed by atoms with Crippen molar-refractivity contribution in [3.8, 4) is 0 Å². The van der Waals surface area contributed by atoms with Gasteiger partial charge in [-0.25, -0.2) is 14.5 Å². The van der Waals surface area contributed by atoms with Crippen LogP contribution in [0.5, 0.6) is 0 Å². The maximum atomic E-state index is 12.4. The minimum absolute atomic E-state index is 0.105. The molecule has 1 N–H and O–H groups in total. The fourth-order valence-electron chi connectivity index (χ4n) is 2.75. The summed E-state index contributed by atoms with van der Waals surface area (Å²) in [6.45, 7) is 4.14. The minimum Gasteiger partial charge on any atom is -0.295 e. The summed E-state index contributed by atoms with van der Waals surface area (Å²) >= 11 is 1.55. The van der Waals surface area contributed by atoms with Crippen LogP contribution >= 0.6 is 11.3 Å². The van der Waals surface area contributed by atoms with E-state index >= 15 is 0 Å². The van der Waals surface area contributed by atoms with Crippen LogP contribution in [0, 0.1) is 12.8 Å². The fraction of sp³-hybridized carbons (Fsp3) is 0.400. The second-order valence-corrected chi connectivity index (χ2v) is 7.01. The number of fused-ring (bicyclic) bond motifs is 2. The number of hydrogen-bond acceptors (Lipinski definition) is 6. The van der Waals surface area contributed by atoms with Crippen LogP contribution in [0.1, 0.15) is 40.2 Å². The molecule has 23 heavy (non-hydrogen) atoms. The molecule has 0 bridgehead atoms. The molecule has 1 atom stereocenters. The first-order valence-electron chi connectivity index (χ1n) is 7.58. The third-order valence-electron chi connectivity index (χ3n) is 4.04. The second kappa shape index (κ2) is 5.38. The molecular formula is C15H16N6OS. The summed E-state index contributed by atoms with van der Waals surface area (Å²) in [6.07, 6.45) is 4.83. The van der Waals surface area contributed by atoms with Gasteiger partial charge in [-0.2, -0.15) is 4.98 Å². The lowest BCUT2D eigenvalue weighted by Gasteiger charge is -2.15. The van der Waals surface area contributed by atoms with E-state index in [9.17, 15) is 4.79 Å². The van der Waals surface area contributed by atoms with Gasteiger partial charge in [0.15, 0.2) is 5.13 Å². The smallest absolute Gasteiger partial charge is 0.295 e. The highest BCUT2D eigenvalue weighted by Crippen LogP contribution is 2.32. The van der Waals surface area contributed by atoms with Crippen LogP contribution in [0.2, 0.25) is 0 Å². The molecule has 1 amide bonds. The Hall–Kier alpha value is -2.35. The number of amides is 1. The lowest BCUT2D eigenvalue weighted by Crippen LogP contribution is -2.14. The number of nitrogens with zero attached hydrogens (tertiary/aromatic N) is 5. The Balaban J connectivity index is 1.58. The molecule has 1 unspecified atom stereocenters. The van der Waals surface area contributed by atoms with Gasteiger partial charge in [-0.15, -0.1) is 16.4 Å². The Kier molecular flexibility index (Phi) is 3.33. The van der Waals surface area contributed by atoms with Gasteiger partial charge in [-0.05, 0) is 38.2 Å². The van der Waals surface area contributed by atoms with Crippen LogP contribution in [-0.2, 0) is 12.8 Å². The highest BCUT2D eigenvalue weighted by Gasteiger charge is 2.22. The summed E-state index contributed by atoms with van der Waals surface area (Å²) in [7, 11) is 0. The summed E-state index contributed by atoms with van der Waals surface area (Å²) in [6, 6.07) is 1.82. The third-order valence-corrected chi connectivity index (χ3v) is 5.07. The molecule has 0 aliphatic heterocycles. The number of thiazole rings is 1. The van der Waals surface area contributed by atoms with Crippen molar-refractivity contribution in [2.75, 3.05) is 5.32 Å². The summed E-state index contributed by atoms with van der Waals surface area (Å²) < 4.78 is 1.56. The largest absolute Gasteiger partial charge is 0.297 e. The number of carbonyl (C=O) groups excluding carboxylic acids is 1. The van der Waals surface area contributed by atoms with Gasteiger partial charge in [0.25, 0.3) is 11.7 Å². The van der Waals surface area contributed by atoms with Crippen molar-refractivity contribution >= 4 is 28.2 Å². The molecule has 0 saturated heterocycles. The molecule has 1 aliphatic rings. The molecule has 8 heteroatoms. The number of nitrogens with one attached hydrogen (secondary N) is 1. The lowest BCUT2D eigenvalue weighted by molar-refractivity contribution is 0.101. The number of aromatic nitrogens is 5. The van der Waals surface area contributed by atoms with Crippen molar-refractivity contribution < 1.29 is 4.79 Å². The van der Waals surface area contributed by atoms with Crippen LogP contribution in [0.3, 0.4) is 0 Å². The molecule has 0 radical (unpaired) electrons. The molecule has 0 aromatic carbocycles. The van der Waals surface area contributed by atoms with E-state index < -0.39 is 0 Å². The molecule has 3 aromatic heterocycles. The molecule has 3 heterocycles. The van der Waals surface area contributed by atoms with E-state index in [0.717, 1.165) is 30.7 Å². The maximum Gasteiger partial charge on any atom is 0.297 e. The van der Waals surface area contributed by atoms with Crippen molar-refractivity contribution in [3.05, 3.63) is 34.4 Å².